The number of piperidine rings is 1. The summed E-state index contributed by atoms with van der Waals surface area (Å²) >= 11 is 0. The summed E-state index contributed by atoms with van der Waals surface area (Å²) in [7, 11) is 1.59. The molecule has 2 aromatic rings. The molecule has 7 heteroatoms. The van der Waals surface area contributed by atoms with Gasteiger partial charge in [-0.2, -0.15) is 0 Å². The zero-order valence-electron chi connectivity index (χ0n) is 14.0. The largest absolute Gasteiger partial charge is 0.497 e. The Labute approximate surface area is 146 Å². The highest BCUT2D eigenvalue weighted by Crippen LogP contribution is 2.17. The van der Waals surface area contributed by atoms with Crippen molar-refractivity contribution in [2.75, 3.05) is 20.2 Å². The molecule has 25 heavy (non-hydrogen) atoms. The van der Waals surface area contributed by atoms with E-state index in [9.17, 15) is 9.59 Å². The summed E-state index contributed by atoms with van der Waals surface area (Å²) in [5.74, 6) is 0.497. The van der Waals surface area contributed by atoms with E-state index < -0.39 is 0 Å². The molecule has 1 aromatic carbocycles. The number of likely N-dealkylation sites (tertiary alicyclic amines) is 1. The predicted molar refractivity (Wildman–Crippen MR) is 91.4 cm³/mol. The summed E-state index contributed by atoms with van der Waals surface area (Å²) in [4.78, 5) is 34.3. The van der Waals surface area contributed by atoms with Gasteiger partial charge in [-0.05, 0) is 37.1 Å². The first kappa shape index (κ1) is 16.9. The van der Waals surface area contributed by atoms with Crippen molar-refractivity contribution < 1.29 is 14.3 Å². The molecule has 0 atom stereocenters. The molecule has 0 saturated carbocycles. The second-order valence-corrected chi connectivity index (χ2v) is 5.86. The average Bonchev–Trinajstić information content (AvgIpc) is 2.69. The van der Waals surface area contributed by atoms with Crippen molar-refractivity contribution in [3.05, 3.63) is 54.1 Å². The van der Waals surface area contributed by atoms with E-state index in [2.05, 4.69) is 15.3 Å². The van der Waals surface area contributed by atoms with Crippen LogP contribution in [-0.2, 0) is 0 Å². The van der Waals surface area contributed by atoms with Gasteiger partial charge in [0.25, 0.3) is 11.8 Å². The Morgan fingerprint density at radius 3 is 2.48 bits per heavy atom. The van der Waals surface area contributed by atoms with Gasteiger partial charge in [-0.3, -0.25) is 14.6 Å². The SMILES string of the molecule is COc1ccc(C(=O)N2CCC(NC(=O)c3cnccn3)CC2)cc1. The van der Waals surface area contributed by atoms with Gasteiger partial charge < -0.3 is 15.0 Å². The van der Waals surface area contributed by atoms with Crippen molar-refractivity contribution in [3.8, 4) is 5.75 Å². The quantitative estimate of drug-likeness (QED) is 0.912. The third kappa shape index (κ3) is 4.12. The number of carbonyl (C=O) groups is 2. The number of rotatable bonds is 4. The molecule has 1 N–H and O–H groups in total. The lowest BCUT2D eigenvalue weighted by Crippen LogP contribution is -2.46. The number of nitrogens with one attached hydrogen (secondary N) is 1. The molecule has 1 fully saturated rings. The third-order valence-corrected chi connectivity index (χ3v) is 4.25. The molecule has 1 saturated heterocycles. The van der Waals surface area contributed by atoms with E-state index in [-0.39, 0.29) is 17.9 Å². The Bertz CT molecular complexity index is 726. The van der Waals surface area contributed by atoms with E-state index in [0.29, 0.717) is 37.2 Å². The number of nitrogens with zero attached hydrogens (tertiary/aromatic N) is 3. The van der Waals surface area contributed by atoms with Gasteiger partial charge in [0.2, 0.25) is 0 Å². The molecule has 7 nitrogen and oxygen atoms in total. The summed E-state index contributed by atoms with van der Waals surface area (Å²) < 4.78 is 5.11. The second-order valence-electron chi connectivity index (χ2n) is 5.86. The lowest BCUT2D eigenvalue weighted by atomic mass is 10.0. The van der Waals surface area contributed by atoms with Gasteiger partial charge in [0.1, 0.15) is 11.4 Å². The van der Waals surface area contributed by atoms with Crippen molar-refractivity contribution in [3.63, 3.8) is 0 Å². The number of hydrogen-bond donors (Lipinski definition) is 1. The maximum Gasteiger partial charge on any atom is 0.271 e. The predicted octanol–water partition coefficient (Wildman–Crippen LogP) is 1.52. The molecule has 3 rings (SSSR count). The molecule has 0 aliphatic carbocycles. The highest BCUT2D eigenvalue weighted by Gasteiger charge is 2.25. The van der Waals surface area contributed by atoms with Crippen LogP contribution in [0.4, 0.5) is 0 Å². The molecule has 0 unspecified atom stereocenters. The highest BCUT2D eigenvalue weighted by molar-refractivity contribution is 5.94. The molecular formula is C18H20N4O3. The number of amides is 2. The maximum absolute atomic E-state index is 12.5. The zero-order chi connectivity index (χ0) is 17.6. The molecule has 1 aliphatic heterocycles. The van der Waals surface area contributed by atoms with Gasteiger partial charge in [-0.1, -0.05) is 0 Å². The Balaban J connectivity index is 1.52. The number of methoxy groups -OCH3 is 1. The number of hydrogen-bond acceptors (Lipinski definition) is 5. The molecule has 2 heterocycles. The van der Waals surface area contributed by atoms with Crippen LogP contribution in [0.25, 0.3) is 0 Å². The molecule has 1 aliphatic rings. The average molecular weight is 340 g/mol. The summed E-state index contributed by atoms with van der Waals surface area (Å²) in [5, 5.41) is 2.95. The monoisotopic (exact) mass is 340 g/mol. The standard InChI is InChI=1S/C18H20N4O3/c1-25-15-4-2-13(3-5-15)18(24)22-10-6-14(7-11-22)21-17(23)16-12-19-8-9-20-16/h2-5,8-9,12,14H,6-7,10-11H2,1H3,(H,21,23). The van der Waals surface area contributed by atoms with Crippen molar-refractivity contribution in [2.45, 2.75) is 18.9 Å². The maximum atomic E-state index is 12.5. The van der Waals surface area contributed by atoms with Gasteiger partial charge in [0.15, 0.2) is 0 Å². The van der Waals surface area contributed by atoms with Crippen molar-refractivity contribution in [1.29, 1.82) is 0 Å². The van der Waals surface area contributed by atoms with E-state index in [1.165, 1.54) is 18.6 Å². The fraction of sp³-hybridized carbons (Fsp3) is 0.333. The Morgan fingerprint density at radius 2 is 1.88 bits per heavy atom. The van der Waals surface area contributed by atoms with Crippen LogP contribution in [0.3, 0.4) is 0 Å². The summed E-state index contributed by atoms with van der Waals surface area (Å²) in [5.41, 5.74) is 0.946. The van der Waals surface area contributed by atoms with Gasteiger partial charge in [-0.25, -0.2) is 4.98 Å². The van der Waals surface area contributed by atoms with Crippen molar-refractivity contribution in [2.24, 2.45) is 0 Å². The van der Waals surface area contributed by atoms with Gasteiger partial charge >= 0.3 is 0 Å². The van der Waals surface area contributed by atoms with Crippen LogP contribution in [0.2, 0.25) is 0 Å². The third-order valence-electron chi connectivity index (χ3n) is 4.25. The van der Waals surface area contributed by atoms with Gasteiger partial charge in [-0.15, -0.1) is 0 Å². The molecule has 2 amide bonds. The minimum Gasteiger partial charge on any atom is -0.497 e. The van der Waals surface area contributed by atoms with Crippen LogP contribution < -0.4 is 10.1 Å². The summed E-state index contributed by atoms with van der Waals surface area (Å²) in [6.07, 6.45) is 5.89. The zero-order valence-corrected chi connectivity index (χ0v) is 14.0. The summed E-state index contributed by atoms with van der Waals surface area (Å²) in [6.45, 7) is 1.21. The van der Waals surface area contributed by atoms with Crippen LogP contribution in [0.5, 0.6) is 5.75 Å². The van der Waals surface area contributed by atoms with Crippen molar-refractivity contribution >= 4 is 11.8 Å². The van der Waals surface area contributed by atoms with E-state index >= 15 is 0 Å². The highest BCUT2D eigenvalue weighted by atomic mass is 16.5. The summed E-state index contributed by atoms with van der Waals surface area (Å²) in [6, 6.07) is 7.13. The first-order valence-corrected chi connectivity index (χ1v) is 8.17. The van der Waals surface area contributed by atoms with E-state index in [1.54, 1.807) is 31.4 Å². The van der Waals surface area contributed by atoms with Crippen LogP contribution in [-0.4, -0.2) is 52.9 Å². The van der Waals surface area contributed by atoms with Crippen LogP contribution in [0.15, 0.2) is 42.9 Å². The molecular weight excluding hydrogens is 320 g/mol. The van der Waals surface area contributed by atoms with Crippen LogP contribution in [0.1, 0.15) is 33.7 Å². The van der Waals surface area contributed by atoms with Crippen LogP contribution >= 0.6 is 0 Å². The Kier molecular flexibility index (Phi) is 5.23. The normalized spacial score (nSPS) is 14.8. The van der Waals surface area contributed by atoms with Crippen LogP contribution in [0, 0.1) is 0 Å². The van der Waals surface area contributed by atoms with E-state index in [4.69, 9.17) is 4.74 Å². The van der Waals surface area contributed by atoms with Crippen molar-refractivity contribution in [1.82, 2.24) is 20.2 Å². The van der Waals surface area contributed by atoms with E-state index in [1.807, 2.05) is 4.90 Å². The number of aromatic nitrogens is 2. The van der Waals surface area contributed by atoms with Gasteiger partial charge in [0.05, 0.1) is 13.3 Å². The first-order chi connectivity index (χ1) is 12.2. The number of ether oxygens (including phenoxy) is 1. The van der Waals surface area contributed by atoms with Gasteiger partial charge in [0, 0.05) is 37.1 Å². The fourth-order valence-electron chi connectivity index (χ4n) is 2.82. The number of benzene rings is 1. The molecule has 1 aromatic heterocycles. The minimum atomic E-state index is -0.229. The second kappa shape index (κ2) is 7.74. The molecule has 0 radical (unpaired) electrons. The first-order valence-electron chi connectivity index (χ1n) is 8.17. The Morgan fingerprint density at radius 1 is 1.16 bits per heavy atom. The molecule has 130 valence electrons. The molecule has 0 bridgehead atoms. The smallest absolute Gasteiger partial charge is 0.271 e. The Hall–Kier alpha value is -2.96. The van der Waals surface area contributed by atoms with E-state index in [0.717, 1.165) is 5.75 Å². The lowest BCUT2D eigenvalue weighted by Gasteiger charge is -2.32. The minimum absolute atomic E-state index is 0.00126. The number of carbonyl (C=O) groups excluding carboxylic acids is 2. The molecule has 0 spiro atoms. The fourth-order valence-corrected chi connectivity index (χ4v) is 2.82. The lowest BCUT2D eigenvalue weighted by molar-refractivity contribution is 0.0697. The topological polar surface area (TPSA) is 84.4 Å².